The summed E-state index contributed by atoms with van der Waals surface area (Å²) in [6, 6.07) is 2.10. The zero-order chi connectivity index (χ0) is 13.0. The van der Waals surface area contributed by atoms with Gasteiger partial charge in [-0.25, -0.2) is 4.98 Å². The molecule has 5 heteroatoms. The fraction of sp³-hybridized carbons (Fsp3) is 0.462. The van der Waals surface area contributed by atoms with Gasteiger partial charge in [-0.2, -0.15) is 0 Å². The second-order valence-electron chi connectivity index (χ2n) is 4.09. The number of oxazole rings is 1. The molecule has 0 amide bonds. The van der Waals surface area contributed by atoms with Gasteiger partial charge < -0.3 is 14.5 Å². The highest BCUT2D eigenvalue weighted by atomic mass is 32.1. The molecule has 98 valence electrons. The normalized spacial score (nSPS) is 12.6. The van der Waals surface area contributed by atoms with Crippen LogP contribution in [0.15, 0.2) is 22.1 Å². The maximum absolute atomic E-state index is 5.77. The first kappa shape index (κ1) is 13.1. The van der Waals surface area contributed by atoms with E-state index in [9.17, 15) is 0 Å². The van der Waals surface area contributed by atoms with Crippen molar-refractivity contribution in [3.05, 3.63) is 23.5 Å². The molecule has 0 saturated heterocycles. The zero-order valence-corrected chi connectivity index (χ0v) is 11.7. The van der Waals surface area contributed by atoms with Gasteiger partial charge in [0, 0.05) is 11.4 Å². The lowest BCUT2D eigenvalue weighted by atomic mass is 10.3. The highest BCUT2D eigenvalue weighted by Gasteiger charge is 2.13. The topological polar surface area (TPSA) is 47.3 Å². The highest BCUT2D eigenvalue weighted by Crippen LogP contribution is 2.32. The van der Waals surface area contributed by atoms with E-state index in [1.54, 1.807) is 24.6 Å². The number of aromatic nitrogens is 1. The molecule has 1 atom stereocenters. The van der Waals surface area contributed by atoms with Gasteiger partial charge in [0.25, 0.3) is 0 Å². The summed E-state index contributed by atoms with van der Waals surface area (Å²) in [5, 5.41) is 5.31. The Morgan fingerprint density at radius 2 is 2.39 bits per heavy atom. The van der Waals surface area contributed by atoms with Crippen molar-refractivity contribution in [2.75, 3.05) is 13.7 Å². The second-order valence-corrected chi connectivity index (χ2v) is 5.00. The molecule has 0 spiro atoms. The van der Waals surface area contributed by atoms with Crippen LogP contribution in [0.5, 0.6) is 5.75 Å². The molecule has 0 radical (unpaired) electrons. The van der Waals surface area contributed by atoms with Crippen LogP contribution in [0.25, 0.3) is 10.6 Å². The van der Waals surface area contributed by atoms with Crippen molar-refractivity contribution in [1.29, 1.82) is 0 Å². The first-order valence-electron chi connectivity index (χ1n) is 6.06. The van der Waals surface area contributed by atoms with Crippen LogP contribution in [0.2, 0.25) is 0 Å². The van der Waals surface area contributed by atoms with Crippen LogP contribution in [-0.4, -0.2) is 18.6 Å². The number of thiophene rings is 1. The lowest BCUT2D eigenvalue weighted by Gasteiger charge is -2.08. The lowest BCUT2D eigenvalue weighted by Crippen LogP contribution is -2.19. The maximum Gasteiger partial charge on any atom is 0.211 e. The Morgan fingerprint density at radius 3 is 3.06 bits per heavy atom. The molecule has 4 nitrogen and oxygen atoms in total. The molecular formula is C13H18N2O2S. The first-order chi connectivity index (χ1) is 8.74. The molecule has 1 N–H and O–H groups in total. The summed E-state index contributed by atoms with van der Waals surface area (Å²) in [4.78, 5) is 5.35. The van der Waals surface area contributed by atoms with Crippen LogP contribution in [-0.2, 0) is 0 Å². The van der Waals surface area contributed by atoms with Crippen molar-refractivity contribution < 1.29 is 9.15 Å². The van der Waals surface area contributed by atoms with Crippen LogP contribution in [0.4, 0.5) is 0 Å². The first-order valence-corrected chi connectivity index (χ1v) is 6.94. The van der Waals surface area contributed by atoms with E-state index < -0.39 is 0 Å². The molecule has 2 aromatic heterocycles. The Bertz CT molecular complexity index is 493. The predicted octanol–water partition coefficient (Wildman–Crippen LogP) is 3.47. The number of nitrogens with one attached hydrogen (secondary N) is 1. The fourth-order valence-corrected chi connectivity index (χ4v) is 2.41. The number of rotatable bonds is 6. The van der Waals surface area contributed by atoms with Crippen LogP contribution in [0.3, 0.4) is 0 Å². The number of hydrogen-bond donors (Lipinski definition) is 1. The Labute approximate surface area is 111 Å². The third-order valence-corrected chi connectivity index (χ3v) is 3.57. The molecule has 2 aromatic rings. The third kappa shape index (κ3) is 2.91. The Balaban J connectivity index is 2.09. The minimum atomic E-state index is 0.139. The van der Waals surface area contributed by atoms with Gasteiger partial charge in [0.15, 0.2) is 5.76 Å². The molecule has 0 aromatic carbocycles. The quantitative estimate of drug-likeness (QED) is 0.869. The molecule has 0 saturated carbocycles. The minimum absolute atomic E-state index is 0.139. The van der Waals surface area contributed by atoms with Gasteiger partial charge in [0.2, 0.25) is 5.89 Å². The van der Waals surface area contributed by atoms with Gasteiger partial charge in [0.1, 0.15) is 5.75 Å². The van der Waals surface area contributed by atoms with E-state index >= 15 is 0 Å². The molecule has 0 fully saturated rings. The number of ether oxygens (including phenoxy) is 1. The summed E-state index contributed by atoms with van der Waals surface area (Å²) in [6.45, 7) is 5.16. The SMILES string of the molecule is CCCNC(C)c1ncc(-c2cc(OC)cs2)o1. The van der Waals surface area contributed by atoms with Gasteiger partial charge in [-0.05, 0) is 19.9 Å². The van der Waals surface area contributed by atoms with E-state index in [0.29, 0.717) is 0 Å². The van der Waals surface area contributed by atoms with Crippen LogP contribution in [0.1, 0.15) is 32.2 Å². The molecule has 0 aliphatic heterocycles. The number of nitrogens with zero attached hydrogens (tertiary/aromatic N) is 1. The smallest absolute Gasteiger partial charge is 0.211 e. The summed E-state index contributed by atoms with van der Waals surface area (Å²) in [6.07, 6.45) is 2.87. The van der Waals surface area contributed by atoms with Gasteiger partial charge in [-0.15, -0.1) is 11.3 Å². The monoisotopic (exact) mass is 266 g/mol. The van der Waals surface area contributed by atoms with Crippen LogP contribution < -0.4 is 10.1 Å². The molecule has 18 heavy (non-hydrogen) atoms. The van der Waals surface area contributed by atoms with E-state index in [1.807, 2.05) is 11.4 Å². The molecule has 1 unspecified atom stereocenters. The second kappa shape index (κ2) is 6.02. The van der Waals surface area contributed by atoms with Gasteiger partial charge in [-0.1, -0.05) is 6.92 Å². The predicted molar refractivity (Wildman–Crippen MR) is 73.1 cm³/mol. The molecule has 2 rings (SSSR count). The van der Waals surface area contributed by atoms with E-state index in [1.165, 1.54) is 0 Å². The molecule has 0 aliphatic carbocycles. The van der Waals surface area contributed by atoms with Gasteiger partial charge in [0.05, 0.1) is 24.2 Å². The van der Waals surface area contributed by atoms with Crippen LogP contribution >= 0.6 is 11.3 Å². The Morgan fingerprint density at radius 1 is 1.56 bits per heavy atom. The number of hydrogen-bond acceptors (Lipinski definition) is 5. The number of methoxy groups -OCH3 is 1. The van der Waals surface area contributed by atoms with Crippen molar-refractivity contribution >= 4 is 11.3 Å². The highest BCUT2D eigenvalue weighted by molar-refractivity contribution is 7.13. The Kier molecular flexibility index (Phi) is 4.38. The minimum Gasteiger partial charge on any atom is -0.496 e. The summed E-state index contributed by atoms with van der Waals surface area (Å²) < 4.78 is 10.9. The maximum atomic E-state index is 5.77. The average molecular weight is 266 g/mol. The Hall–Kier alpha value is -1.33. The van der Waals surface area contributed by atoms with Crippen molar-refractivity contribution in [1.82, 2.24) is 10.3 Å². The van der Waals surface area contributed by atoms with E-state index in [0.717, 1.165) is 35.2 Å². The van der Waals surface area contributed by atoms with Crippen molar-refractivity contribution in [2.45, 2.75) is 26.3 Å². The summed E-state index contributed by atoms with van der Waals surface area (Å²) in [5.41, 5.74) is 0. The standard InChI is InChI=1S/C13H18N2O2S/c1-4-5-14-9(2)13-15-7-11(17-13)12-6-10(16-3)8-18-12/h6-9,14H,4-5H2,1-3H3. The van der Waals surface area contributed by atoms with Crippen LogP contribution in [0, 0.1) is 0 Å². The average Bonchev–Trinajstić information content (AvgIpc) is 3.03. The van der Waals surface area contributed by atoms with Gasteiger partial charge in [-0.3, -0.25) is 0 Å². The lowest BCUT2D eigenvalue weighted by molar-refractivity contribution is 0.415. The summed E-state index contributed by atoms with van der Waals surface area (Å²) >= 11 is 1.59. The fourth-order valence-electron chi connectivity index (χ4n) is 1.60. The molecule has 0 bridgehead atoms. The molecular weight excluding hydrogens is 248 g/mol. The summed E-state index contributed by atoms with van der Waals surface area (Å²) in [5.74, 6) is 2.37. The molecule has 2 heterocycles. The van der Waals surface area contributed by atoms with Gasteiger partial charge >= 0.3 is 0 Å². The van der Waals surface area contributed by atoms with E-state index in [2.05, 4.69) is 24.1 Å². The zero-order valence-electron chi connectivity index (χ0n) is 10.9. The molecule has 0 aliphatic rings. The largest absolute Gasteiger partial charge is 0.496 e. The van der Waals surface area contributed by atoms with E-state index in [-0.39, 0.29) is 6.04 Å². The summed E-state index contributed by atoms with van der Waals surface area (Å²) in [7, 11) is 1.66. The van der Waals surface area contributed by atoms with Crippen molar-refractivity contribution in [2.24, 2.45) is 0 Å². The third-order valence-electron chi connectivity index (χ3n) is 2.65. The van der Waals surface area contributed by atoms with Crippen molar-refractivity contribution in [3.63, 3.8) is 0 Å². The van der Waals surface area contributed by atoms with Crippen molar-refractivity contribution in [3.8, 4) is 16.4 Å². The van der Waals surface area contributed by atoms with E-state index in [4.69, 9.17) is 9.15 Å².